The molecule has 0 fully saturated rings. The molecule has 0 aromatic rings. The molecular formula is C12H19N3O6. The molecule has 2 amide bonds. The third-order valence-corrected chi connectivity index (χ3v) is 2.59. The van der Waals surface area contributed by atoms with Crippen molar-refractivity contribution in [3.8, 4) is 6.07 Å². The molecule has 0 spiro atoms. The summed E-state index contributed by atoms with van der Waals surface area (Å²) in [6.45, 7) is 0.581. The van der Waals surface area contributed by atoms with E-state index in [-0.39, 0.29) is 39.0 Å². The third kappa shape index (κ3) is 8.43. The molecule has 0 aliphatic carbocycles. The number of methoxy groups -OCH3 is 1. The number of ether oxygens (including phenoxy) is 1. The summed E-state index contributed by atoms with van der Waals surface area (Å²) >= 11 is 0. The van der Waals surface area contributed by atoms with E-state index in [1.807, 2.05) is 6.07 Å². The Morgan fingerprint density at radius 1 is 1.33 bits per heavy atom. The van der Waals surface area contributed by atoms with Gasteiger partial charge >= 0.3 is 18.0 Å². The number of nitrogens with one attached hydrogen (secondary N) is 1. The predicted molar refractivity (Wildman–Crippen MR) is 70.5 cm³/mol. The Hall–Kier alpha value is -2.34. The monoisotopic (exact) mass is 301 g/mol. The first-order chi connectivity index (χ1) is 9.92. The van der Waals surface area contributed by atoms with Gasteiger partial charge in [0.2, 0.25) is 0 Å². The summed E-state index contributed by atoms with van der Waals surface area (Å²) in [4.78, 5) is 34.7. The Bertz CT molecular complexity index is 406. The number of hydrogen-bond donors (Lipinski definition) is 3. The van der Waals surface area contributed by atoms with Crippen LogP contribution in [0.15, 0.2) is 0 Å². The lowest BCUT2D eigenvalue weighted by Gasteiger charge is -2.24. The van der Waals surface area contributed by atoms with Crippen LogP contribution in [0.3, 0.4) is 0 Å². The fourth-order valence-corrected chi connectivity index (χ4v) is 1.47. The number of rotatable bonds is 10. The standard InChI is InChI=1S/C12H19N3O6/c1-21-8-7-15(6-2-5-13)12(20)14-9(11(18)19)3-4-10(16)17/h9H,2-4,6-8H2,1H3,(H,14,20)(H,16,17)(H,18,19). The number of nitrogens with zero attached hydrogens (tertiary/aromatic N) is 2. The number of carbonyl (C=O) groups excluding carboxylic acids is 1. The van der Waals surface area contributed by atoms with Crippen LogP contribution in [0.2, 0.25) is 0 Å². The molecule has 0 aromatic carbocycles. The molecule has 1 atom stereocenters. The van der Waals surface area contributed by atoms with Crippen LogP contribution < -0.4 is 5.32 Å². The van der Waals surface area contributed by atoms with Crippen molar-refractivity contribution in [1.82, 2.24) is 10.2 Å². The predicted octanol–water partition coefficient (Wildman–Crippen LogP) is -0.124. The van der Waals surface area contributed by atoms with Gasteiger partial charge in [-0.25, -0.2) is 9.59 Å². The maximum atomic E-state index is 12.0. The molecule has 0 aliphatic heterocycles. The van der Waals surface area contributed by atoms with E-state index in [0.717, 1.165) is 0 Å². The third-order valence-electron chi connectivity index (χ3n) is 2.59. The van der Waals surface area contributed by atoms with Gasteiger partial charge in [0, 0.05) is 26.6 Å². The molecule has 0 heterocycles. The van der Waals surface area contributed by atoms with Gasteiger partial charge in [-0.15, -0.1) is 0 Å². The zero-order valence-electron chi connectivity index (χ0n) is 11.7. The van der Waals surface area contributed by atoms with Crippen LogP contribution in [-0.4, -0.2) is 65.9 Å². The molecule has 0 rings (SSSR count). The van der Waals surface area contributed by atoms with Crippen molar-refractivity contribution < 1.29 is 29.3 Å². The number of carboxylic acid groups (broad SMARTS) is 2. The quantitative estimate of drug-likeness (QED) is 0.510. The highest BCUT2D eigenvalue weighted by Crippen LogP contribution is 2.01. The first-order valence-electron chi connectivity index (χ1n) is 6.28. The van der Waals surface area contributed by atoms with Crippen LogP contribution in [0, 0.1) is 11.3 Å². The van der Waals surface area contributed by atoms with E-state index in [9.17, 15) is 14.4 Å². The van der Waals surface area contributed by atoms with E-state index in [4.69, 9.17) is 20.2 Å². The fraction of sp³-hybridized carbons (Fsp3) is 0.667. The molecule has 9 heteroatoms. The summed E-state index contributed by atoms with van der Waals surface area (Å²) in [6.07, 6.45) is -0.482. The van der Waals surface area contributed by atoms with Gasteiger partial charge in [-0.2, -0.15) is 5.26 Å². The molecule has 0 aliphatic rings. The highest BCUT2D eigenvalue weighted by molar-refractivity contribution is 5.83. The molecule has 21 heavy (non-hydrogen) atoms. The zero-order valence-corrected chi connectivity index (χ0v) is 11.7. The van der Waals surface area contributed by atoms with Gasteiger partial charge in [-0.3, -0.25) is 4.79 Å². The van der Waals surface area contributed by atoms with Crippen LogP contribution in [0.5, 0.6) is 0 Å². The normalized spacial score (nSPS) is 11.2. The van der Waals surface area contributed by atoms with Crippen molar-refractivity contribution in [2.75, 3.05) is 26.8 Å². The van der Waals surface area contributed by atoms with Crippen molar-refractivity contribution in [2.24, 2.45) is 0 Å². The first-order valence-corrected chi connectivity index (χ1v) is 6.28. The van der Waals surface area contributed by atoms with Crippen LogP contribution in [-0.2, 0) is 14.3 Å². The summed E-state index contributed by atoms with van der Waals surface area (Å²) in [6, 6.07) is -0.0684. The zero-order chi connectivity index (χ0) is 16.3. The van der Waals surface area contributed by atoms with E-state index in [2.05, 4.69) is 5.32 Å². The average Bonchev–Trinajstić information content (AvgIpc) is 2.42. The van der Waals surface area contributed by atoms with Crippen molar-refractivity contribution in [3.63, 3.8) is 0 Å². The van der Waals surface area contributed by atoms with Crippen molar-refractivity contribution >= 4 is 18.0 Å². The molecule has 0 radical (unpaired) electrons. The molecule has 1 unspecified atom stereocenters. The van der Waals surface area contributed by atoms with E-state index in [1.165, 1.54) is 12.0 Å². The minimum absolute atomic E-state index is 0.101. The van der Waals surface area contributed by atoms with E-state index >= 15 is 0 Å². The number of carbonyl (C=O) groups is 3. The largest absolute Gasteiger partial charge is 0.481 e. The fourth-order valence-electron chi connectivity index (χ4n) is 1.47. The van der Waals surface area contributed by atoms with E-state index in [0.29, 0.717) is 0 Å². The van der Waals surface area contributed by atoms with Crippen LogP contribution in [0.1, 0.15) is 19.3 Å². The van der Waals surface area contributed by atoms with Gasteiger partial charge in [-0.1, -0.05) is 0 Å². The number of amides is 2. The maximum Gasteiger partial charge on any atom is 0.326 e. The molecule has 118 valence electrons. The summed E-state index contributed by atoms with van der Waals surface area (Å²) < 4.78 is 4.84. The van der Waals surface area contributed by atoms with Gasteiger partial charge in [0.1, 0.15) is 6.04 Å². The van der Waals surface area contributed by atoms with Crippen LogP contribution >= 0.6 is 0 Å². The van der Waals surface area contributed by atoms with Gasteiger partial charge in [-0.05, 0) is 6.42 Å². The molecule has 0 bridgehead atoms. The first kappa shape index (κ1) is 18.7. The summed E-state index contributed by atoms with van der Waals surface area (Å²) in [5, 5.41) is 28.3. The number of nitriles is 1. The minimum Gasteiger partial charge on any atom is -0.481 e. The van der Waals surface area contributed by atoms with Gasteiger partial charge in [0.05, 0.1) is 19.1 Å². The Balaban J connectivity index is 4.61. The molecule has 0 saturated carbocycles. The average molecular weight is 301 g/mol. The van der Waals surface area contributed by atoms with Crippen LogP contribution in [0.25, 0.3) is 0 Å². The van der Waals surface area contributed by atoms with Gasteiger partial charge in [0.15, 0.2) is 0 Å². The van der Waals surface area contributed by atoms with Crippen LogP contribution in [0.4, 0.5) is 4.79 Å². The second-order valence-corrected chi connectivity index (χ2v) is 4.16. The summed E-state index contributed by atoms with van der Waals surface area (Å²) in [5.74, 6) is -2.45. The lowest BCUT2D eigenvalue weighted by Crippen LogP contribution is -2.49. The van der Waals surface area contributed by atoms with Crippen molar-refractivity contribution in [3.05, 3.63) is 0 Å². The number of urea groups is 1. The van der Waals surface area contributed by atoms with Gasteiger partial charge < -0.3 is 25.2 Å². The highest BCUT2D eigenvalue weighted by Gasteiger charge is 2.23. The lowest BCUT2D eigenvalue weighted by atomic mass is 10.1. The van der Waals surface area contributed by atoms with Gasteiger partial charge in [0.25, 0.3) is 0 Å². The topological polar surface area (TPSA) is 140 Å². The van der Waals surface area contributed by atoms with E-state index < -0.39 is 24.0 Å². The van der Waals surface area contributed by atoms with Crippen molar-refractivity contribution in [2.45, 2.75) is 25.3 Å². The molecular weight excluding hydrogens is 282 g/mol. The molecule has 3 N–H and O–H groups in total. The molecule has 0 aromatic heterocycles. The van der Waals surface area contributed by atoms with E-state index in [1.54, 1.807) is 0 Å². The Kier molecular flexibility index (Phi) is 9.28. The highest BCUT2D eigenvalue weighted by atomic mass is 16.5. The number of hydrogen-bond acceptors (Lipinski definition) is 5. The molecule has 9 nitrogen and oxygen atoms in total. The summed E-state index contributed by atoms with van der Waals surface area (Å²) in [7, 11) is 1.45. The SMILES string of the molecule is COCCN(CCC#N)C(=O)NC(CCC(=O)O)C(=O)O. The Morgan fingerprint density at radius 3 is 2.48 bits per heavy atom. The summed E-state index contributed by atoms with van der Waals surface area (Å²) in [5.41, 5.74) is 0. The number of aliphatic carboxylic acids is 2. The second kappa shape index (κ2) is 10.4. The van der Waals surface area contributed by atoms with Crippen molar-refractivity contribution in [1.29, 1.82) is 5.26 Å². The number of carboxylic acids is 2. The maximum absolute atomic E-state index is 12.0. The Labute approximate surface area is 122 Å². The lowest BCUT2D eigenvalue weighted by molar-refractivity contribution is -0.140. The Morgan fingerprint density at radius 2 is 2.00 bits per heavy atom. The second-order valence-electron chi connectivity index (χ2n) is 4.16. The molecule has 0 saturated heterocycles. The smallest absolute Gasteiger partial charge is 0.326 e. The minimum atomic E-state index is -1.31.